The molecule has 0 saturated heterocycles. The van der Waals surface area contributed by atoms with Crippen molar-refractivity contribution in [2.75, 3.05) is 10.6 Å². The number of benzene rings is 2. The third-order valence-electron chi connectivity index (χ3n) is 4.90. The minimum absolute atomic E-state index is 0.0357. The number of aryl methyl sites for hydroxylation is 1. The van der Waals surface area contributed by atoms with E-state index in [-0.39, 0.29) is 11.5 Å². The Bertz CT molecular complexity index is 1230. The normalized spacial score (nSPS) is 11.5. The Morgan fingerprint density at radius 3 is 2.12 bits per heavy atom. The van der Waals surface area contributed by atoms with Crippen LogP contribution in [0, 0.1) is 6.92 Å². The molecule has 0 bridgehead atoms. The summed E-state index contributed by atoms with van der Waals surface area (Å²) in [6, 6.07) is 14.5. The van der Waals surface area contributed by atoms with Gasteiger partial charge < -0.3 is 10.6 Å². The van der Waals surface area contributed by atoms with Crippen molar-refractivity contribution in [1.82, 2.24) is 9.78 Å². The lowest BCUT2D eigenvalue weighted by molar-refractivity contribution is -0.119. The second-order valence-corrected chi connectivity index (χ2v) is 7.54. The molecule has 0 fully saturated rings. The van der Waals surface area contributed by atoms with Crippen LogP contribution < -0.4 is 16.2 Å². The van der Waals surface area contributed by atoms with Gasteiger partial charge in [0, 0.05) is 23.7 Å². The molecule has 0 unspecified atom stereocenters. The molecule has 0 spiro atoms. The molecule has 0 aliphatic heterocycles. The number of carbonyl (C=O) groups is 3. The van der Waals surface area contributed by atoms with Crippen molar-refractivity contribution in [3.05, 3.63) is 76.1 Å². The molecule has 0 aliphatic rings. The van der Waals surface area contributed by atoms with Crippen LogP contribution in [0.5, 0.6) is 0 Å². The Morgan fingerprint density at radius 2 is 1.56 bits per heavy atom. The molecule has 1 atom stereocenters. The Morgan fingerprint density at radius 1 is 0.938 bits per heavy atom. The van der Waals surface area contributed by atoms with Gasteiger partial charge in [-0.15, -0.1) is 0 Å². The average molecular weight is 432 g/mol. The van der Waals surface area contributed by atoms with Gasteiger partial charge in [0.2, 0.25) is 11.8 Å². The summed E-state index contributed by atoms with van der Waals surface area (Å²) >= 11 is 0. The first-order chi connectivity index (χ1) is 15.2. The van der Waals surface area contributed by atoms with Gasteiger partial charge in [-0.2, -0.15) is 5.10 Å². The van der Waals surface area contributed by atoms with Crippen LogP contribution in [-0.4, -0.2) is 27.4 Å². The molecule has 3 aromatic rings. The van der Waals surface area contributed by atoms with Crippen LogP contribution in [0.25, 0.3) is 11.3 Å². The molecule has 8 heteroatoms. The second kappa shape index (κ2) is 9.38. The Kier molecular flexibility index (Phi) is 6.63. The van der Waals surface area contributed by atoms with Crippen molar-refractivity contribution in [2.24, 2.45) is 0 Å². The van der Waals surface area contributed by atoms with Gasteiger partial charge in [-0.25, -0.2) is 4.68 Å². The highest BCUT2D eigenvalue weighted by Gasteiger charge is 2.21. The lowest BCUT2D eigenvalue weighted by Crippen LogP contribution is -2.35. The summed E-state index contributed by atoms with van der Waals surface area (Å²) in [7, 11) is 0. The van der Waals surface area contributed by atoms with Crippen molar-refractivity contribution < 1.29 is 14.4 Å². The van der Waals surface area contributed by atoms with Gasteiger partial charge in [0.25, 0.3) is 5.56 Å². The fraction of sp³-hybridized carbons (Fsp3) is 0.208. The summed E-state index contributed by atoms with van der Waals surface area (Å²) in [5.74, 6) is -0.951. The number of hydrogen-bond donors (Lipinski definition) is 2. The highest BCUT2D eigenvalue weighted by molar-refractivity contribution is 5.96. The summed E-state index contributed by atoms with van der Waals surface area (Å²) in [5, 5.41) is 9.63. The Labute approximate surface area is 185 Å². The second-order valence-electron chi connectivity index (χ2n) is 7.54. The van der Waals surface area contributed by atoms with E-state index in [1.165, 1.54) is 19.9 Å². The number of anilines is 2. The van der Waals surface area contributed by atoms with Crippen LogP contribution in [0.15, 0.2) is 59.4 Å². The molecule has 0 aliphatic carbocycles. The molecule has 0 radical (unpaired) electrons. The molecular formula is C24H24N4O4. The minimum atomic E-state index is -0.965. The smallest absolute Gasteiger partial charge is 0.291 e. The first kappa shape index (κ1) is 22.6. The zero-order valence-corrected chi connectivity index (χ0v) is 18.3. The number of ketones is 1. The van der Waals surface area contributed by atoms with Crippen LogP contribution >= 0.6 is 0 Å². The standard InChI is InChI=1S/C24H24N4O4/c1-14-5-7-19(8-6-14)21-13-22(25-17(4)30)24(32)28(27-21)15(2)23(31)26-20-11-9-18(10-12-20)16(3)29/h5-13,15H,1-4H3,(H,25,30)(H,26,31)/t15-/m0/s1. The molecular weight excluding hydrogens is 408 g/mol. The highest BCUT2D eigenvalue weighted by atomic mass is 16.2. The molecule has 32 heavy (non-hydrogen) atoms. The minimum Gasteiger partial charge on any atom is -0.324 e. The number of hydrogen-bond acceptors (Lipinski definition) is 5. The monoisotopic (exact) mass is 432 g/mol. The van der Waals surface area contributed by atoms with E-state index in [0.717, 1.165) is 15.8 Å². The maximum Gasteiger partial charge on any atom is 0.291 e. The number of aromatic nitrogens is 2. The highest BCUT2D eigenvalue weighted by Crippen LogP contribution is 2.20. The fourth-order valence-corrected chi connectivity index (χ4v) is 3.07. The number of rotatable bonds is 6. The van der Waals surface area contributed by atoms with E-state index in [1.807, 2.05) is 31.2 Å². The number of Topliss-reactive ketones (excluding diaryl/α,β-unsaturated/α-hetero) is 1. The maximum atomic E-state index is 12.9. The van der Waals surface area contributed by atoms with Gasteiger partial charge in [-0.1, -0.05) is 29.8 Å². The van der Waals surface area contributed by atoms with E-state index in [2.05, 4.69) is 15.7 Å². The number of nitrogens with one attached hydrogen (secondary N) is 2. The van der Waals surface area contributed by atoms with Gasteiger partial charge >= 0.3 is 0 Å². The van der Waals surface area contributed by atoms with E-state index in [4.69, 9.17) is 0 Å². The van der Waals surface area contributed by atoms with Crippen LogP contribution in [0.3, 0.4) is 0 Å². The number of carbonyl (C=O) groups excluding carboxylic acids is 3. The largest absolute Gasteiger partial charge is 0.324 e. The summed E-state index contributed by atoms with van der Waals surface area (Å²) < 4.78 is 1.06. The SMILES string of the molecule is CC(=O)Nc1cc(-c2ccc(C)cc2)nn([C@@H](C)C(=O)Nc2ccc(C(C)=O)cc2)c1=O. The molecule has 3 rings (SSSR count). The van der Waals surface area contributed by atoms with Crippen molar-refractivity contribution in [3.63, 3.8) is 0 Å². The van der Waals surface area contributed by atoms with E-state index in [0.29, 0.717) is 16.9 Å². The molecule has 164 valence electrons. The zero-order valence-electron chi connectivity index (χ0n) is 18.3. The van der Waals surface area contributed by atoms with Gasteiger partial charge in [0.1, 0.15) is 11.7 Å². The quantitative estimate of drug-likeness (QED) is 0.579. The van der Waals surface area contributed by atoms with E-state index in [1.54, 1.807) is 31.2 Å². The first-order valence-corrected chi connectivity index (χ1v) is 10.1. The van der Waals surface area contributed by atoms with Crippen molar-refractivity contribution in [1.29, 1.82) is 0 Å². The van der Waals surface area contributed by atoms with Gasteiger partial charge in [-0.3, -0.25) is 19.2 Å². The maximum absolute atomic E-state index is 12.9. The predicted octanol–water partition coefficient (Wildman–Crippen LogP) is 3.58. The summed E-state index contributed by atoms with van der Waals surface area (Å²) in [4.78, 5) is 48.8. The summed E-state index contributed by atoms with van der Waals surface area (Å²) in [6.45, 7) is 6.26. The number of nitrogens with zero attached hydrogens (tertiary/aromatic N) is 2. The molecule has 1 heterocycles. The van der Waals surface area contributed by atoms with E-state index >= 15 is 0 Å². The first-order valence-electron chi connectivity index (χ1n) is 10.1. The predicted molar refractivity (Wildman–Crippen MR) is 123 cm³/mol. The van der Waals surface area contributed by atoms with Crippen LogP contribution in [0.4, 0.5) is 11.4 Å². The molecule has 8 nitrogen and oxygen atoms in total. The lowest BCUT2D eigenvalue weighted by Gasteiger charge is -2.17. The third-order valence-corrected chi connectivity index (χ3v) is 4.90. The Balaban J connectivity index is 1.96. The van der Waals surface area contributed by atoms with E-state index < -0.39 is 23.4 Å². The molecule has 2 N–H and O–H groups in total. The van der Waals surface area contributed by atoms with Crippen LogP contribution in [0.2, 0.25) is 0 Å². The van der Waals surface area contributed by atoms with Crippen molar-refractivity contribution >= 4 is 29.0 Å². The average Bonchev–Trinajstić information content (AvgIpc) is 2.75. The van der Waals surface area contributed by atoms with E-state index in [9.17, 15) is 19.2 Å². The Hall–Kier alpha value is -4.07. The summed E-state index contributed by atoms with van der Waals surface area (Å²) in [6.07, 6.45) is 0. The molecule has 2 aromatic carbocycles. The fourth-order valence-electron chi connectivity index (χ4n) is 3.07. The molecule has 2 amide bonds. The van der Waals surface area contributed by atoms with Crippen molar-refractivity contribution in [2.45, 2.75) is 33.7 Å². The zero-order chi connectivity index (χ0) is 23.4. The molecule has 1 aromatic heterocycles. The number of amides is 2. The van der Waals surface area contributed by atoms with Gasteiger partial charge in [-0.05, 0) is 51.1 Å². The lowest BCUT2D eigenvalue weighted by atomic mass is 10.1. The third kappa shape index (κ3) is 5.15. The molecule has 0 saturated carbocycles. The van der Waals surface area contributed by atoms with Crippen LogP contribution in [0.1, 0.15) is 42.7 Å². The van der Waals surface area contributed by atoms with Gasteiger partial charge in [0.05, 0.1) is 5.69 Å². The van der Waals surface area contributed by atoms with Crippen LogP contribution in [-0.2, 0) is 9.59 Å². The van der Waals surface area contributed by atoms with Gasteiger partial charge in [0.15, 0.2) is 5.78 Å². The van der Waals surface area contributed by atoms with Crippen molar-refractivity contribution in [3.8, 4) is 11.3 Å². The summed E-state index contributed by atoms with van der Waals surface area (Å²) in [5.41, 5.74) is 2.70. The topological polar surface area (TPSA) is 110 Å².